The van der Waals surface area contributed by atoms with E-state index in [1.54, 1.807) is 0 Å². The molecule has 1 radical (unpaired) electrons. The molecular formula is C4H7O2. The fourth-order valence-corrected chi connectivity index (χ4v) is 0.0962. The fraction of sp³-hybridized carbons (Fsp3) is 0.250. The zero-order valence-corrected chi connectivity index (χ0v) is 3.52. The van der Waals surface area contributed by atoms with E-state index in [2.05, 4.69) is 23.3 Å². The molecule has 0 spiro atoms. The molecule has 0 N–H and O–H groups in total. The predicted molar refractivity (Wildman–Crippen MR) is 22.6 cm³/mol. The molecule has 6 heavy (non-hydrogen) atoms. The van der Waals surface area contributed by atoms with Crippen molar-refractivity contribution < 1.29 is 9.78 Å². The van der Waals surface area contributed by atoms with Crippen LogP contribution in [0.4, 0.5) is 0 Å². The maximum atomic E-state index is 4.25. The minimum atomic E-state index is 0.312. The van der Waals surface area contributed by atoms with Gasteiger partial charge in [0.25, 0.3) is 0 Å². The standard InChI is InChI=1S/C4H7O2/c1-3-5-6-4-2/h3H,1-2,4H2. The van der Waals surface area contributed by atoms with Crippen LogP contribution in [0.15, 0.2) is 12.8 Å². The highest BCUT2D eigenvalue weighted by molar-refractivity contribution is 4.42. The maximum absolute atomic E-state index is 4.25. The Kier molecular flexibility index (Phi) is 4.12. The second-order valence-corrected chi connectivity index (χ2v) is 0.585. The van der Waals surface area contributed by atoms with E-state index >= 15 is 0 Å². The van der Waals surface area contributed by atoms with Crippen molar-refractivity contribution in [2.24, 2.45) is 0 Å². The first-order valence-corrected chi connectivity index (χ1v) is 1.60. The lowest BCUT2D eigenvalue weighted by atomic mass is 10.9. The Morgan fingerprint density at radius 3 is 2.50 bits per heavy atom. The first-order valence-electron chi connectivity index (χ1n) is 1.60. The van der Waals surface area contributed by atoms with Crippen LogP contribution < -0.4 is 0 Å². The monoisotopic (exact) mass is 87.0 g/mol. The van der Waals surface area contributed by atoms with Crippen molar-refractivity contribution in [2.75, 3.05) is 6.61 Å². The molecule has 0 aromatic heterocycles. The van der Waals surface area contributed by atoms with Crippen molar-refractivity contribution in [2.45, 2.75) is 0 Å². The van der Waals surface area contributed by atoms with Crippen molar-refractivity contribution >= 4 is 0 Å². The van der Waals surface area contributed by atoms with Crippen LogP contribution >= 0.6 is 0 Å². The van der Waals surface area contributed by atoms with Gasteiger partial charge >= 0.3 is 0 Å². The van der Waals surface area contributed by atoms with Gasteiger partial charge in [-0.3, -0.25) is 0 Å². The topological polar surface area (TPSA) is 18.5 Å². The average molecular weight is 87.1 g/mol. The van der Waals surface area contributed by atoms with Gasteiger partial charge in [-0.25, -0.2) is 0 Å². The van der Waals surface area contributed by atoms with Gasteiger partial charge in [-0.05, 0) is 6.92 Å². The number of hydrogen-bond donors (Lipinski definition) is 0. The summed E-state index contributed by atoms with van der Waals surface area (Å²) in [6, 6.07) is 0. The van der Waals surface area contributed by atoms with Crippen LogP contribution in [0.2, 0.25) is 0 Å². The summed E-state index contributed by atoms with van der Waals surface area (Å²) >= 11 is 0. The molecule has 0 unspecified atom stereocenters. The zero-order valence-electron chi connectivity index (χ0n) is 3.52. The van der Waals surface area contributed by atoms with E-state index in [-0.39, 0.29) is 0 Å². The Morgan fingerprint density at radius 1 is 1.67 bits per heavy atom. The summed E-state index contributed by atoms with van der Waals surface area (Å²) in [6.45, 7) is 6.86. The van der Waals surface area contributed by atoms with Gasteiger partial charge in [-0.15, -0.1) is 0 Å². The summed E-state index contributed by atoms with van der Waals surface area (Å²) in [5.41, 5.74) is 0. The molecular weight excluding hydrogens is 80.0 g/mol. The molecule has 0 aromatic carbocycles. The number of hydrogen-bond acceptors (Lipinski definition) is 2. The van der Waals surface area contributed by atoms with Gasteiger partial charge in [-0.2, -0.15) is 4.89 Å². The molecule has 0 aliphatic heterocycles. The third-order valence-corrected chi connectivity index (χ3v) is 0.219. The Labute approximate surface area is 37.3 Å². The van der Waals surface area contributed by atoms with Gasteiger partial charge in [0, 0.05) is 0 Å². The minimum Gasteiger partial charge on any atom is -0.346 e. The second kappa shape index (κ2) is 4.50. The Hall–Kier alpha value is -0.500. The van der Waals surface area contributed by atoms with E-state index < -0.39 is 0 Å². The predicted octanol–water partition coefficient (Wildman–Crippen LogP) is 0.912. The highest BCUT2D eigenvalue weighted by atomic mass is 17.2. The van der Waals surface area contributed by atoms with Gasteiger partial charge in [0.05, 0.1) is 6.61 Å². The molecule has 0 aliphatic carbocycles. The lowest BCUT2D eigenvalue weighted by molar-refractivity contribution is -0.239. The third-order valence-electron chi connectivity index (χ3n) is 0.219. The van der Waals surface area contributed by atoms with Gasteiger partial charge < -0.3 is 4.89 Å². The van der Waals surface area contributed by atoms with E-state index in [4.69, 9.17) is 0 Å². The molecule has 0 saturated carbocycles. The fourth-order valence-electron chi connectivity index (χ4n) is 0.0962. The second-order valence-electron chi connectivity index (χ2n) is 0.585. The first kappa shape index (κ1) is 5.50. The van der Waals surface area contributed by atoms with E-state index in [9.17, 15) is 0 Å². The smallest absolute Gasteiger partial charge is 0.122 e. The molecule has 2 heteroatoms. The van der Waals surface area contributed by atoms with Crippen molar-refractivity contribution in [3.05, 3.63) is 19.8 Å². The first-order chi connectivity index (χ1) is 2.91. The van der Waals surface area contributed by atoms with Gasteiger partial charge in [0.2, 0.25) is 0 Å². The van der Waals surface area contributed by atoms with Gasteiger partial charge in [0.15, 0.2) is 0 Å². The molecule has 0 amide bonds. The largest absolute Gasteiger partial charge is 0.346 e. The number of rotatable bonds is 3. The highest BCUT2D eigenvalue weighted by Gasteiger charge is 1.67. The molecule has 0 aliphatic rings. The Morgan fingerprint density at radius 2 is 2.33 bits per heavy atom. The van der Waals surface area contributed by atoms with Crippen LogP contribution in [0.25, 0.3) is 0 Å². The molecule has 0 aromatic rings. The molecule has 35 valence electrons. The van der Waals surface area contributed by atoms with Crippen LogP contribution in [0.1, 0.15) is 0 Å². The quantitative estimate of drug-likeness (QED) is 0.220. The lowest BCUT2D eigenvalue weighted by Gasteiger charge is -1.90. The van der Waals surface area contributed by atoms with Crippen LogP contribution in [-0.4, -0.2) is 6.61 Å². The average Bonchev–Trinajstić information content (AvgIpc) is 1.61. The van der Waals surface area contributed by atoms with Gasteiger partial charge in [-0.1, -0.05) is 6.58 Å². The Bertz CT molecular complexity index is 34.5. The summed E-state index contributed by atoms with van der Waals surface area (Å²) in [5, 5.41) is 0. The molecule has 0 heterocycles. The van der Waals surface area contributed by atoms with Gasteiger partial charge in [0.1, 0.15) is 6.26 Å². The zero-order chi connectivity index (χ0) is 4.83. The van der Waals surface area contributed by atoms with E-state index in [0.29, 0.717) is 6.61 Å². The molecule has 0 bridgehead atoms. The maximum Gasteiger partial charge on any atom is 0.122 e. The van der Waals surface area contributed by atoms with E-state index in [1.807, 2.05) is 0 Å². The molecule has 0 atom stereocenters. The molecule has 0 saturated heterocycles. The van der Waals surface area contributed by atoms with Crippen molar-refractivity contribution in [3.8, 4) is 0 Å². The van der Waals surface area contributed by atoms with E-state index in [1.165, 1.54) is 6.26 Å². The lowest BCUT2D eigenvalue weighted by Crippen LogP contribution is -1.83. The molecule has 0 fully saturated rings. The van der Waals surface area contributed by atoms with Crippen LogP contribution in [-0.2, 0) is 9.78 Å². The van der Waals surface area contributed by atoms with Crippen LogP contribution in [0, 0.1) is 6.92 Å². The third kappa shape index (κ3) is 3.50. The van der Waals surface area contributed by atoms with Crippen molar-refractivity contribution in [1.82, 2.24) is 0 Å². The van der Waals surface area contributed by atoms with Crippen molar-refractivity contribution in [3.63, 3.8) is 0 Å². The molecule has 0 rings (SSSR count). The summed E-state index contributed by atoms with van der Waals surface area (Å²) < 4.78 is 0. The highest BCUT2D eigenvalue weighted by Crippen LogP contribution is 1.72. The van der Waals surface area contributed by atoms with Crippen LogP contribution in [0.3, 0.4) is 0 Å². The summed E-state index contributed by atoms with van der Waals surface area (Å²) in [4.78, 5) is 8.44. The molecule has 2 nitrogen and oxygen atoms in total. The summed E-state index contributed by atoms with van der Waals surface area (Å²) in [7, 11) is 0. The SMILES string of the molecule is [CH2]COOC=C. The van der Waals surface area contributed by atoms with E-state index in [0.717, 1.165) is 0 Å². The minimum absolute atomic E-state index is 0.312. The van der Waals surface area contributed by atoms with Crippen LogP contribution in [0.5, 0.6) is 0 Å². The Balaban J connectivity index is 2.49. The summed E-state index contributed by atoms with van der Waals surface area (Å²) in [6.07, 6.45) is 1.20. The normalized spacial score (nSPS) is 7.50. The van der Waals surface area contributed by atoms with Crippen molar-refractivity contribution in [1.29, 1.82) is 0 Å². The summed E-state index contributed by atoms with van der Waals surface area (Å²) in [5.74, 6) is 0.